The third kappa shape index (κ3) is 5.73. The molecular formula is C20H23ClN4OS. The van der Waals surface area contributed by atoms with Gasteiger partial charge in [-0.25, -0.2) is 0 Å². The molecule has 0 unspecified atom stereocenters. The molecular weight excluding hydrogens is 380 g/mol. The molecule has 3 rings (SSSR count). The Labute approximate surface area is 169 Å². The summed E-state index contributed by atoms with van der Waals surface area (Å²) in [5.41, 5.74) is 1.03. The summed E-state index contributed by atoms with van der Waals surface area (Å²) in [6.45, 7) is 1.37. The van der Waals surface area contributed by atoms with E-state index in [1.807, 2.05) is 36.4 Å². The van der Waals surface area contributed by atoms with E-state index in [9.17, 15) is 0 Å². The Kier molecular flexibility index (Phi) is 7.15. The van der Waals surface area contributed by atoms with Crippen molar-refractivity contribution in [1.82, 2.24) is 19.7 Å². The maximum absolute atomic E-state index is 6.03. The van der Waals surface area contributed by atoms with Gasteiger partial charge in [-0.05, 0) is 57.4 Å². The van der Waals surface area contributed by atoms with Gasteiger partial charge in [0, 0.05) is 16.5 Å². The van der Waals surface area contributed by atoms with Crippen LogP contribution in [0.25, 0.3) is 5.69 Å². The van der Waals surface area contributed by atoms with Gasteiger partial charge in [-0.3, -0.25) is 4.57 Å². The molecule has 0 aliphatic heterocycles. The third-order valence-corrected chi connectivity index (χ3v) is 5.11. The Morgan fingerprint density at radius 3 is 2.63 bits per heavy atom. The molecule has 0 aliphatic rings. The van der Waals surface area contributed by atoms with Gasteiger partial charge in [0.2, 0.25) is 0 Å². The van der Waals surface area contributed by atoms with Crippen LogP contribution in [0.5, 0.6) is 5.75 Å². The minimum Gasteiger partial charge on any atom is -0.486 e. The fourth-order valence-electron chi connectivity index (χ4n) is 2.57. The highest BCUT2D eigenvalue weighted by Gasteiger charge is 2.15. The van der Waals surface area contributed by atoms with Crippen LogP contribution in [0.2, 0.25) is 5.02 Å². The van der Waals surface area contributed by atoms with Crippen LogP contribution in [0.3, 0.4) is 0 Å². The fraction of sp³-hybridized carbons (Fsp3) is 0.300. The van der Waals surface area contributed by atoms with E-state index < -0.39 is 0 Å². The number of nitrogens with zero attached hydrogens (tertiary/aromatic N) is 4. The van der Waals surface area contributed by atoms with Gasteiger partial charge in [-0.15, -0.1) is 10.2 Å². The predicted molar refractivity (Wildman–Crippen MR) is 111 cm³/mol. The van der Waals surface area contributed by atoms with E-state index in [-0.39, 0.29) is 0 Å². The van der Waals surface area contributed by atoms with Crippen LogP contribution in [0.15, 0.2) is 59.8 Å². The topological polar surface area (TPSA) is 43.2 Å². The van der Waals surface area contributed by atoms with Crippen molar-refractivity contribution in [1.29, 1.82) is 0 Å². The van der Waals surface area contributed by atoms with Crippen molar-refractivity contribution in [3.63, 3.8) is 0 Å². The van der Waals surface area contributed by atoms with Crippen LogP contribution >= 0.6 is 23.4 Å². The minimum atomic E-state index is 0.320. The molecule has 27 heavy (non-hydrogen) atoms. The van der Waals surface area contributed by atoms with Crippen molar-refractivity contribution in [3.05, 3.63) is 65.4 Å². The molecule has 3 aromatic rings. The molecule has 0 saturated heterocycles. The van der Waals surface area contributed by atoms with Crippen LogP contribution in [-0.4, -0.2) is 46.1 Å². The van der Waals surface area contributed by atoms with Crippen molar-refractivity contribution in [2.45, 2.75) is 18.2 Å². The van der Waals surface area contributed by atoms with Crippen molar-refractivity contribution >= 4 is 23.4 Å². The number of hydrogen-bond acceptors (Lipinski definition) is 5. The summed E-state index contributed by atoms with van der Waals surface area (Å²) >= 11 is 7.75. The largest absolute Gasteiger partial charge is 0.486 e. The van der Waals surface area contributed by atoms with E-state index in [0.717, 1.165) is 35.4 Å². The van der Waals surface area contributed by atoms with E-state index in [2.05, 4.69) is 45.9 Å². The summed E-state index contributed by atoms with van der Waals surface area (Å²) in [6, 6.07) is 17.5. The Hall–Kier alpha value is -2.02. The standard InChI is InChI=1S/C20H23ClN4OS/c1-24(2)12-7-13-27-20-23-22-19(25(20)17-9-4-3-5-10-17)15-26-18-11-6-8-16(21)14-18/h3-6,8-11,14H,7,12-13,15H2,1-2H3. The van der Waals surface area contributed by atoms with Crippen molar-refractivity contribution < 1.29 is 4.74 Å². The molecule has 0 atom stereocenters. The smallest absolute Gasteiger partial charge is 0.195 e. The van der Waals surface area contributed by atoms with Crippen LogP contribution in [0.1, 0.15) is 12.2 Å². The fourth-order valence-corrected chi connectivity index (χ4v) is 3.65. The number of benzene rings is 2. The van der Waals surface area contributed by atoms with Gasteiger partial charge in [-0.2, -0.15) is 0 Å². The number of thioether (sulfide) groups is 1. The first-order chi connectivity index (χ1) is 13.1. The van der Waals surface area contributed by atoms with Crippen LogP contribution in [0, 0.1) is 0 Å². The number of ether oxygens (including phenoxy) is 1. The average Bonchev–Trinajstić information content (AvgIpc) is 3.07. The first-order valence-electron chi connectivity index (χ1n) is 8.79. The van der Waals surface area contributed by atoms with Crippen LogP contribution in [0.4, 0.5) is 0 Å². The van der Waals surface area contributed by atoms with Crippen molar-refractivity contribution in [3.8, 4) is 11.4 Å². The number of rotatable bonds is 9. The molecule has 7 heteroatoms. The zero-order chi connectivity index (χ0) is 19.1. The Bertz CT molecular complexity index is 854. The lowest BCUT2D eigenvalue weighted by molar-refractivity contribution is 0.293. The molecule has 0 amide bonds. The van der Waals surface area contributed by atoms with Gasteiger partial charge in [0.05, 0.1) is 0 Å². The average molecular weight is 403 g/mol. The van der Waals surface area contributed by atoms with E-state index in [0.29, 0.717) is 17.4 Å². The van der Waals surface area contributed by atoms with Crippen molar-refractivity contribution in [2.24, 2.45) is 0 Å². The molecule has 0 bridgehead atoms. The molecule has 0 saturated carbocycles. The molecule has 0 fully saturated rings. The lowest BCUT2D eigenvalue weighted by atomic mass is 10.3. The highest BCUT2D eigenvalue weighted by molar-refractivity contribution is 7.99. The zero-order valence-electron chi connectivity index (χ0n) is 15.5. The van der Waals surface area contributed by atoms with Gasteiger partial charge >= 0.3 is 0 Å². The van der Waals surface area contributed by atoms with Gasteiger partial charge in [-0.1, -0.05) is 47.6 Å². The zero-order valence-corrected chi connectivity index (χ0v) is 17.1. The van der Waals surface area contributed by atoms with E-state index in [4.69, 9.17) is 16.3 Å². The predicted octanol–water partition coefficient (Wildman–Crippen LogP) is 4.54. The lowest BCUT2D eigenvalue weighted by Crippen LogP contribution is -2.13. The summed E-state index contributed by atoms with van der Waals surface area (Å²) < 4.78 is 7.94. The van der Waals surface area contributed by atoms with Crippen molar-refractivity contribution in [2.75, 3.05) is 26.4 Å². The lowest BCUT2D eigenvalue weighted by Gasteiger charge is -2.12. The number of halogens is 1. The molecule has 2 aromatic carbocycles. The van der Waals surface area contributed by atoms with Gasteiger partial charge in [0.15, 0.2) is 11.0 Å². The maximum Gasteiger partial charge on any atom is 0.195 e. The second kappa shape index (κ2) is 9.78. The second-order valence-electron chi connectivity index (χ2n) is 6.32. The highest BCUT2D eigenvalue weighted by atomic mass is 35.5. The van der Waals surface area contributed by atoms with E-state index in [1.54, 1.807) is 17.8 Å². The molecule has 0 spiro atoms. The number of para-hydroxylation sites is 1. The molecule has 142 valence electrons. The van der Waals surface area contributed by atoms with E-state index >= 15 is 0 Å². The summed E-state index contributed by atoms with van der Waals surface area (Å²) in [4.78, 5) is 2.19. The normalized spacial score (nSPS) is 11.1. The van der Waals surface area contributed by atoms with E-state index in [1.165, 1.54) is 0 Å². The summed E-state index contributed by atoms with van der Waals surface area (Å²) in [5, 5.41) is 10.3. The monoisotopic (exact) mass is 402 g/mol. The number of hydrogen-bond donors (Lipinski definition) is 0. The Morgan fingerprint density at radius 1 is 1.07 bits per heavy atom. The van der Waals surface area contributed by atoms with Gasteiger partial charge in [0.25, 0.3) is 0 Å². The second-order valence-corrected chi connectivity index (χ2v) is 7.82. The molecule has 0 N–H and O–H groups in total. The summed E-state index contributed by atoms with van der Waals surface area (Å²) in [6.07, 6.45) is 1.09. The first kappa shape index (κ1) is 19.7. The molecule has 1 heterocycles. The quantitative estimate of drug-likeness (QED) is 0.388. The Balaban J connectivity index is 1.76. The minimum absolute atomic E-state index is 0.320. The third-order valence-electron chi connectivity index (χ3n) is 3.86. The molecule has 0 radical (unpaired) electrons. The summed E-state index contributed by atoms with van der Waals surface area (Å²) in [7, 11) is 4.17. The van der Waals surface area contributed by atoms with Gasteiger partial charge in [0.1, 0.15) is 12.4 Å². The molecule has 1 aromatic heterocycles. The highest BCUT2D eigenvalue weighted by Crippen LogP contribution is 2.24. The number of aromatic nitrogens is 3. The molecule has 5 nitrogen and oxygen atoms in total. The summed E-state index contributed by atoms with van der Waals surface area (Å²) in [5.74, 6) is 2.46. The SMILES string of the molecule is CN(C)CCCSc1nnc(COc2cccc(Cl)c2)n1-c1ccccc1. The maximum atomic E-state index is 6.03. The van der Waals surface area contributed by atoms with Gasteiger partial charge < -0.3 is 9.64 Å². The van der Waals surface area contributed by atoms with Crippen LogP contribution < -0.4 is 4.74 Å². The first-order valence-corrected chi connectivity index (χ1v) is 10.2. The van der Waals surface area contributed by atoms with Crippen LogP contribution in [-0.2, 0) is 6.61 Å². The Morgan fingerprint density at radius 2 is 1.89 bits per heavy atom. The molecule has 0 aliphatic carbocycles.